The molecule has 0 bridgehead atoms. The number of aromatic nitrogens is 1. The molecule has 18 heavy (non-hydrogen) atoms. The molecule has 0 aliphatic carbocycles. The Morgan fingerprint density at radius 1 is 1.11 bits per heavy atom. The van der Waals surface area contributed by atoms with Gasteiger partial charge in [-0.25, -0.2) is 4.98 Å². The number of rotatable bonds is 6. The van der Waals surface area contributed by atoms with E-state index in [9.17, 15) is 0 Å². The highest BCUT2D eigenvalue weighted by atomic mass is 32.1. The van der Waals surface area contributed by atoms with Crippen molar-refractivity contribution >= 4 is 16.3 Å². The number of anilines is 1. The summed E-state index contributed by atoms with van der Waals surface area (Å²) in [5, 5.41) is 1.92. The minimum atomic E-state index is 0.880. The van der Waals surface area contributed by atoms with Crippen LogP contribution in [0, 0.1) is 0 Å². The Bertz CT molecular complexity index is 476. The van der Waals surface area contributed by atoms with Gasteiger partial charge < -0.3 is 5.73 Å². The summed E-state index contributed by atoms with van der Waals surface area (Å²) in [5.41, 5.74) is 8.29. The molecule has 1 heterocycles. The number of unbranched alkanes of at least 4 members (excludes halogenated alkanes) is 3. The zero-order valence-corrected chi connectivity index (χ0v) is 11.7. The first-order valence-electron chi connectivity index (χ1n) is 6.62. The van der Waals surface area contributed by atoms with Gasteiger partial charge in [-0.15, -0.1) is 0 Å². The molecule has 0 fully saturated rings. The maximum Gasteiger partial charge on any atom is 0.125 e. The third kappa shape index (κ3) is 3.33. The minimum Gasteiger partial charge on any atom is -0.389 e. The van der Waals surface area contributed by atoms with E-state index in [4.69, 9.17) is 5.73 Å². The second-order valence-electron chi connectivity index (χ2n) is 4.51. The van der Waals surface area contributed by atoms with Crippen LogP contribution in [-0.2, 0) is 6.42 Å². The van der Waals surface area contributed by atoms with Crippen molar-refractivity contribution in [3.8, 4) is 10.6 Å². The van der Waals surface area contributed by atoms with Gasteiger partial charge in [-0.05, 0) is 12.8 Å². The van der Waals surface area contributed by atoms with Crippen LogP contribution < -0.4 is 5.73 Å². The molecule has 0 aliphatic heterocycles. The molecule has 0 saturated carbocycles. The predicted molar refractivity (Wildman–Crippen MR) is 79.8 cm³/mol. The maximum absolute atomic E-state index is 6.05. The van der Waals surface area contributed by atoms with Crippen LogP contribution in [-0.4, -0.2) is 4.98 Å². The average Bonchev–Trinajstić information content (AvgIpc) is 2.77. The van der Waals surface area contributed by atoms with E-state index in [2.05, 4.69) is 24.0 Å². The van der Waals surface area contributed by atoms with Crippen molar-refractivity contribution in [1.29, 1.82) is 0 Å². The first-order chi connectivity index (χ1) is 8.81. The van der Waals surface area contributed by atoms with E-state index in [0.717, 1.165) is 27.7 Å². The van der Waals surface area contributed by atoms with Gasteiger partial charge in [-0.2, -0.15) is 0 Å². The second kappa shape index (κ2) is 6.55. The first kappa shape index (κ1) is 13.1. The fraction of sp³-hybridized carbons (Fsp3) is 0.400. The van der Waals surface area contributed by atoms with E-state index in [1.165, 1.54) is 25.7 Å². The average molecular weight is 260 g/mol. The summed E-state index contributed by atoms with van der Waals surface area (Å²) in [7, 11) is 0. The fourth-order valence-electron chi connectivity index (χ4n) is 1.97. The lowest BCUT2D eigenvalue weighted by Crippen LogP contribution is -1.91. The normalized spacial score (nSPS) is 10.7. The van der Waals surface area contributed by atoms with Gasteiger partial charge in [0.2, 0.25) is 0 Å². The molecule has 0 atom stereocenters. The number of hydrogen-bond acceptors (Lipinski definition) is 3. The molecule has 0 unspecified atom stereocenters. The van der Waals surface area contributed by atoms with Crippen LogP contribution in [0.5, 0.6) is 0 Å². The highest BCUT2D eigenvalue weighted by molar-refractivity contribution is 7.18. The van der Waals surface area contributed by atoms with Crippen molar-refractivity contribution in [3.63, 3.8) is 0 Å². The lowest BCUT2D eigenvalue weighted by atomic mass is 10.1. The monoisotopic (exact) mass is 260 g/mol. The molecular formula is C15H20N2S. The maximum atomic E-state index is 6.05. The van der Waals surface area contributed by atoms with Gasteiger partial charge in [0.1, 0.15) is 10.0 Å². The molecule has 1 aromatic carbocycles. The van der Waals surface area contributed by atoms with Crippen LogP contribution in [0.2, 0.25) is 0 Å². The summed E-state index contributed by atoms with van der Waals surface area (Å²) >= 11 is 1.60. The topological polar surface area (TPSA) is 38.9 Å². The van der Waals surface area contributed by atoms with Gasteiger partial charge in [0.25, 0.3) is 0 Å². The molecule has 96 valence electrons. The molecule has 0 amide bonds. The molecule has 3 heteroatoms. The molecule has 0 saturated heterocycles. The smallest absolute Gasteiger partial charge is 0.125 e. The fourth-order valence-corrected chi connectivity index (χ4v) is 2.85. The van der Waals surface area contributed by atoms with Crippen LogP contribution in [0.3, 0.4) is 0 Å². The predicted octanol–water partition coefficient (Wildman–Crippen LogP) is 4.52. The van der Waals surface area contributed by atoms with Crippen LogP contribution in [0.4, 0.5) is 5.00 Å². The molecule has 0 spiro atoms. The number of nitrogen functional groups attached to an aromatic ring is 1. The molecule has 2 nitrogen and oxygen atoms in total. The van der Waals surface area contributed by atoms with Crippen LogP contribution in [0.15, 0.2) is 30.3 Å². The largest absolute Gasteiger partial charge is 0.389 e. The Morgan fingerprint density at radius 2 is 1.89 bits per heavy atom. The molecule has 2 aromatic rings. The highest BCUT2D eigenvalue weighted by Crippen LogP contribution is 2.30. The molecular weight excluding hydrogens is 240 g/mol. The summed E-state index contributed by atoms with van der Waals surface area (Å²) in [6, 6.07) is 10.3. The molecule has 0 radical (unpaired) electrons. The lowest BCUT2D eigenvalue weighted by Gasteiger charge is -1.98. The summed E-state index contributed by atoms with van der Waals surface area (Å²) in [4.78, 5) is 4.67. The Kier molecular flexibility index (Phi) is 4.76. The summed E-state index contributed by atoms with van der Waals surface area (Å²) in [6.07, 6.45) is 6.04. The second-order valence-corrected chi connectivity index (χ2v) is 5.54. The quantitative estimate of drug-likeness (QED) is 0.776. The van der Waals surface area contributed by atoms with Crippen LogP contribution in [0.25, 0.3) is 10.6 Å². The van der Waals surface area contributed by atoms with Crippen molar-refractivity contribution in [2.24, 2.45) is 0 Å². The van der Waals surface area contributed by atoms with Gasteiger partial charge in [-0.3, -0.25) is 0 Å². The Labute approximate surface area is 113 Å². The number of thiazole rings is 1. The molecule has 2 rings (SSSR count). The Balaban J connectivity index is 2.03. The zero-order chi connectivity index (χ0) is 12.8. The van der Waals surface area contributed by atoms with E-state index in [1.54, 1.807) is 11.3 Å². The number of aryl methyl sites for hydroxylation is 1. The third-order valence-corrected chi connectivity index (χ3v) is 3.99. The van der Waals surface area contributed by atoms with E-state index in [-0.39, 0.29) is 0 Å². The van der Waals surface area contributed by atoms with Crippen molar-refractivity contribution in [2.45, 2.75) is 39.0 Å². The number of nitrogens with two attached hydrogens (primary N) is 1. The van der Waals surface area contributed by atoms with E-state index < -0.39 is 0 Å². The number of nitrogens with zero attached hydrogens (tertiary/aromatic N) is 1. The number of benzene rings is 1. The third-order valence-electron chi connectivity index (χ3n) is 3.02. The van der Waals surface area contributed by atoms with Crippen molar-refractivity contribution < 1.29 is 0 Å². The standard InChI is InChI=1S/C15H20N2S/c1-2-3-4-8-11-13-14(16)18-15(17-13)12-9-6-5-7-10-12/h5-7,9-10H,2-4,8,11,16H2,1H3. The molecule has 0 aliphatic rings. The lowest BCUT2D eigenvalue weighted by molar-refractivity contribution is 0.663. The first-order valence-corrected chi connectivity index (χ1v) is 7.43. The van der Waals surface area contributed by atoms with Gasteiger partial charge in [-0.1, -0.05) is 67.9 Å². The number of hydrogen-bond donors (Lipinski definition) is 1. The molecule has 1 aromatic heterocycles. The summed E-state index contributed by atoms with van der Waals surface area (Å²) < 4.78 is 0. The van der Waals surface area contributed by atoms with Crippen molar-refractivity contribution in [3.05, 3.63) is 36.0 Å². The zero-order valence-electron chi connectivity index (χ0n) is 10.9. The van der Waals surface area contributed by atoms with Crippen LogP contribution in [0.1, 0.15) is 38.3 Å². The van der Waals surface area contributed by atoms with Crippen molar-refractivity contribution in [2.75, 3.05) is 5.73 Å². The summed E-state index contributed by atoms with van der Waals surface area (Å²) in [5.74, 6) is 0. The minimum absolute atomic E-state index is 0.880. The van der Waals surface area contributed by atoms with E-state index >= 15 is 0 Å². The van der Waals surface area contributed by atoms with Gasteiger partial charge in [0, 0.05) is 5.56 Å². The Hall–Kier alpha value is -1.35. The Morgan fingerprint density at radius 3 is 2.61 bits per heavy atom. The molecule has 2 N–H and O–H groups in total. The van der Waals surface area contributed by atoms with Gasteiger partial charge in [0.15, 0.2) is 0 Å². The summed E-state index contributed by atoms with van der Waals surface area (Å²) in [6.45, 7) is 2.23. The van der Waals surface area contributed by atoms with Crippen molar-refractivity contribution in [1.82, 2.24) is 4.98 Å². The SMILES string of the molecule is CCCCCCc1nc(-c2ccccc2)sc1N. The van der Waals surface area contributed by atoms with E-state index in [0.29, 0.717) is 0 Å². The van der Waals surface area contributed by atoms with Gasteiger partial charge in [0.05, 0.1) is 5.69 Å². The van der Waals surface area contributed by atoms with E-state index in [1.807, 2.05) is 18.2 Å². The highest BCUT2D eigenvalue weighted by Gasteiger charge is 2.09. The van der Waals surface area contributed by atoms with Gasteiger partial charge >= 0.3 is 0 Å². The van der Waals surface area contributed by atoms with Crippen LogP contribution >= 0.6 is 11.3 Å².